The Balaban J connectivity index is 2.42. The molecule has 4 nitrogen and oxygen atoms in total. The van der Waals surface area contributed by atoms with Gasteiger partial charge in [0.1, 0.15) is 6.07 Å². The number of anilines is 1. The second kappa shape index (κ2) is 4.71. The monoisotopic (exact) mass is 226 g/mol. The molecular formula is C13H14N4. The first-order chi connectivity index (χ1) is 8.20. The van der Waals surface area contributed by atoms with Gasteiger partial charge >= 0.3 is 0 Å². The summed E-state index contributed by atoms with van der Waals surface area (Å²) in [5.41, 5.74) is 3.58. The zero-order chi connectivity index (χ0) is 12.3. The van der Waals surface area contributed by atoms with Crippen LogP contribution in [0.15, 0.2) is 30.6 Å². The fourth-order valence-electron chi connectivity index (χ4n) is 1.66. The molecule has 86 valence electrons. The highest BCUT2D eigenvalue weighted by Gasteiger charge is 2.06. The molecule has 0 amide bonds. The Hall–Kier alpha value is -2.28. The van der Waals surface area contributed by atoms with E-state index in [0.29, 0.717) is 11.6 Å². The van der Waals surface area contributed by atoms with E-state index < -0.39 is 0 Å². The minimum atomic E-state index is 0.293. The lowest BCUT2D eigenvalue weighted by atomic mass is 10.1. The number of nitrogens with zero attached hydrogens (tertiary/aromatic N) is 2. The van der Waals surface area contributed by atoms with Crippen molar-refractivity contribution in [1.29, 1.82) is 5.26 Å². The van der Waals surface area contributed by atoms with Gasteiger partial charge in [-0.3, -0.25) is 5.10 Å². The number of rotatable bonds is 3. The smallest absolute Gasteiger partial charge is 0.101 e. The van der Waals surface area contributed by atoms with Crippen molar-refractivity contribution in [2.24, 2.45) is 0 Å². The van der Waals surface area contributed by atoms with Crippen molar-refractivity contribution in [2.45, 2.75) is 19.9 Å². The van der Waals surface area contributed by atoms with E-state index in [0.717, 1.165) is 16.8 Å². The molecule has 0 saturated heterocycles. The van der Waals surface area contributed by atoms with Gasteiger partial charge in [-0.2, -0.15) is 10.4 Å². The Morgan fingerprint density at radius 3 is 2.76 bits per heavy atom. The van der Waals surface area contributed by atoms with Crippen LogP contribution in [0.1, 0.15) is 19.4 Å². The van der Waals surface area contributed by atoms with E-state index in [1.54, 1.807) is 6.20 Å². The van der Waals surface area contributed by atoms with Crippen LogP contribution in [-0.2, 0) is 0 Å². The molecule has 0 saturated carbocycles. The van der Waals surface area contributed by atoms with Crippen LogP contribution in [0.5, 0.6) is 0 Å². The van der Waals surface area contributed by atoms with Gasteiger partial charge in [0.2, 0.25) is 0 Å². The van der Waals surface area contributed by atoms with Crippen LogP contribution < -0.4 is 5.32 Å². The predicted octanol–water partition coefficient (Wildman–Crippen LogP) is 2.77. The van der Waals surface area contributed by atoms with Crippen molar-refractivity contribution in [3.8, 4) is 17.2 Å². The third-order valence-electron chi connectivity index (χ3n) is 2.42. The molecule has 1 aromatic heterocycles. The predicted molar refractivity (Wildman–Crippen MR) is 67.5 cm³/mol. The third-order valence-corrected chi connectivity index (χ3v) is 2.42. The van der Waals surface area contributed by atoms with Gasteiger partial charge in [-0.25, -0.2) is 0 Å². The van der Waals surface area contributed by atoms with Gasteiger partial charge in [0, 0.05) is 17.8 Å². The molecule has 0 bridgehead atoms. The number of hydrogen-bond acceptors (Lipinski definition) is 3. The van der Waals surface area contributed by atoms with Gasteiger partial charge in [0.25, 0.3) is 0 Å². The molecule has 1 heterocycles. The van der Waals surface area contributed by atoms with Crippen LogP contribution in [0.25, 0.3) is 11.1 Å². The Labute approximate surface area is 100 Å². The van der Waals surface area contributed by atoms with E-state index in [2.05, 4.69) is 21.6 Å². The maximum atomic E-state index is 9.04. The number of hydrogen-bond donors (Lipinski definition) is 2. The molecule has 0 unspecified atom stereocenters. The summed E-state index contributed by atoms with van der Waals surface area (Å²) in [4.78, 5) is 0. The van der Waals surface area contributed by atoms with E-state index in [1.807, 2.05) is 38.2 Å². The Bertz CT molecular complexity index is 535. The molecule has 0 aliphatic heterocycles. The van der Waals surface area contributed by atoms with Gasteiger partial charge < -0.3 is 5.32 Å². The number of benzene rings is 1. The Morgan fingerprint density at radius 2 is 2.18 bits per heavy atom. The van der Waals surface area contributed by atoms with Crippen molar-refractivity contribution in [3.63, 3.8) is 0 Å². The van der Waals surface area contributed by atoms with E-state index in [1.165, 1.54) is 0 Å². The lowest BCUT2D eigenvalue weighted by Crippen LogP contribution is -2.10. The summed E-state index contributed by atoms with van der Waals surface area (Å²) in [5, 5.41) is 19.0. The van der Waals surface area contributed by atoms with Gasteiger partial charge in [0.05, 0.1) is 17.4 Å². The molecule has 0 spiro atoms. The topological polar surface area (TPSA) is 64.5 Å². The van der Waals surface area contributed by atoms with Gasteiger partial charge in [0.15, 0.2) is 0 Å². The number of aromatic amines is 1. The first-order valence-corrected chi connectivity index (χ1v) is 5.50. The normalized spacial score (nSPS) is 10.2. The zero-order valence-corrected chi connectivity index (χ0v) is 9.86. The summed E-state index contributed by atoms with van der Waals surface area (Å²) in [5.74, 6) is 0. The van der Waals surface area contributed by atoms with Crippen LogP contribution in [0.3, 0.4) is 0 Å². The largest absolute Gasteiger partial charge is 0.382 e. The Morgan fingerprint density at radius 1 is 1.35 bits per heavy atom. The molecule has 17 heavy (non-hydrogen) atoms. The summed E-state index contributed by atoms with van der Waals surface area (Å²) in [6, 6.07) is 8.21. The molecule has 0 aliphatic rings. The molecule has 4 heteroatoms. The molecule has 0 atom stereocenters. The van der Waals surface area contributed by atoms with E-state index in [-0.39, 0.29) is 0 Å². The second-order valence-corrected chi connectivity index (χ2v) is 4.16. The van der Waals surface area contributed by atoms with Crippen molar-refractivity contribution in [3.05, 3.63) is 36.2 Å². The SMILES string of the molecule is CC(C)Nc1cc(-c2cn[nH]c2)ccc1C#N. The maximum absolute atomic E-state index is 9.04. The molecule has 2 aromatic rings. The summed E-state index contributed by atoms with van der Waals surface area (Å²) in [7, 11) is 0. The second-order valence-electron chi connectivity index (χ2n) is 4.16. The van der Waals surface area contributed by atoms with Gasteiger partial charge in [-0.15, -0.1) is 0 Å². The van der Waals surface area contributed by atoms with Gasteiger partial charge in [-0.05, 0) is 31.5 Å². The average molecular weight is 226 g/mol. The molecule has 0 aliphatic carbocycles. The molecule has 1 aromatic carbocycles. The summed E-state index contributed by atoms with van der Waals surface area (Å²) in [6.45, 7) is 4.09. The molecule has 0 radical (unpaired) electrons. The van der Waals surface area contributed by atoms with Crippen LogP contribution in [0.4, 0.5) is 5.69 Å². The highest BCUT2D eigenvalue weighted by atomic mass is 15.1. The summed E-state index contributed by atoms with van der Waals surface area (Å²) in [6.07, 6.45) is 3.60. The minimum absolute atomic E-state index is 0.293. The maximum Gasteiger partial charge on any atom is 0.101 e. The third kappa shape index (κ3) is 2.45. The lowest BCUT2D eigenvalue weighted by Gasteiger charge is -2.12. The van der Waals surface area contributed by atoms with Crippen molar-refractivity contribution in [2.75, 3.05) is 5.32 Å². The number of nitriles is 1. The lowest BCUT2D eigenvalue weighted by molar-refractivity contribution is 0.899. The van der Waals surface area contributed by atoms with E-state index >= 15 is 0 Å². The fraction of sp³-hybridized carbons (Fsp3) is 0.231. The summed E-state index contributed by atoms with van der Waals surface area (Å²) >= 11 is 0. The van der Waals surface area contributed by atoms with Crippen LogP contribution in [0, 0.1) is 11.3 Å². The quantitative estimate of drug-likeness (QED) is 0.845. The van der Waals surface area contributed by atoms with Gasteiger partial charge in [-0.1, -0.05) is 6.07 Å². The standard InChI is InChI=1S/C13H14N4/c1-9(2)17-13-5-10(3-4-11(13)6-14)12-7-15-16-8-12/h3-5,7-9,17H,1-2H3,(H,15,16). The first-order valence-electron chi connectivity index (χ1n) is 5.50. The van der Waals surface area contributed by atoms with E-state index in [9.17, 15) is 0 Å². The summed E-state index contributed by atoms with van der Waals surface area (Å²) < 4.78 is 0. The van der Waals surface area contributed by atoms with Crippen molar-refractivity contribution >= 4 is 5.69 Å². The number of nitrogens with one attached hydrogen (secondary N) is 2. The van der Waals surface area contributed by atoms with Crippen molar-refractivity contribution < 1.29 is 0 Å². The average Bonchev–Trinajstić information content (AvgIpc) is 2.81. The number of H-pyrrole nitrogens is 1. The Kier molecular flexibility index (Phi) is 3.10. The van der Waals surface area contributed by atoms with Crippen LogP contribution in [0.2, 0.25) is 0 Å². The molecular weight excluding hydrogens is 212 g/mol. The van der Waals surface area contributed by atoms with Crippen LogP contribution >= 0.6 is 0 Å². The zero-order valence-electron chi connectivity index (χ0n) is 9.86. The molecule has 0 fully saturated rings. The van der Waals surface area contributed by atoms with Crippen molar-refractivity contribution in [1.82, 2.24) is 10.2 Å². The minimum Gasteiger partial charge on any atom is -0.382 e. The number of aromatic nitrogens is 2. The first kappa shape index (κ1) is 11.2. The van der Waals surface area contributed by atoms with E-state index in [4.69, 9.17) is 5.26 Å². The highest BCUT2D eigenvalue weighted by molar-refractivity contribution is 5.71. The fourth-order valence-corrected chi connectivity index (χ4v) is 1.66. The molecule has 2 N–H and O–H groups in total. The molecule has 2 rings (SSSR count). The van der Waals surface area contributed by atoms with Crippen LogP contribution in [-0.4, -0.2) is 16.2 Å². The highest BCUT2D eigenvalue weighted by Crippen LogP contribution is 2.25.